The van der Waals surface area contributed by atoms with Crippen LogP contribution in [0.15, 0.2) is 28.7 Å². The third-order valence-electron chi connectivity index (χ3n) is 5.32. The van der Waals surface area contributed by atoms with Gasteiger partial charge in [-0.3, -0.25) is 4.90 Å². The molecule has 0 saturated carbocycles. The second kappa shape index (κ2) is 6.80. The molecule has 2 nitrogen and oxygen atoms in total. The first-order valence-electron chi connectivity index (χ1n) is 8.45. The van der Waals surface area contributed by atoms with Crippen LogP contribution in [0.3, 0.4) is 0 Å². The number of hydrogen-bond donors (Lipinski definition) is 1. The van der Waals surface area contributed by atoms with Gasteiger partial charge in [-0.25, -0.2) is 0 Å². The van der Waals surface area contributed by atoms with Crippen LogP contribution in [-0.2, 0) is 0 Å². The highest BCUT2D eigenvalue weighted by Crippen LogP contribution is 2.40. The molecular weight excluding hydrogens is 324 g/mol. The van der Waals surface area contributed by atoms with E-state index in [1.165, 1.54) is 42.1 Å². The van der Waals surface area contributed by atoms with Crippen LogP contribution in [0.25, 0.3) is 0 Å². The zero-order valence-corrected chi connectivity index (χ0v) is 14.8. The summed E-state index contributed by atoms with van der Waals surface area (Å²) in [5.41, 5.74) is 1.46. The van der Waals surface area contributed by atoms with Gasteiger partial charge in [0, 0.05) is 28.6 Å². The molecule has 2 bridgehead atoms. The minimum atomic E-state index is 0.538. The van der Waals surface area contributed by atoms with E-state index in [9.17, 15) is 0 Å². The molecule has 2 heterocycles. The van der Waals surface area contributed by atoms with Crippen molar-refractivity contribution in [2.45, 2.75) is 70.1 Å². The van der Waals surface area contributed by atoms with E-state index < -0.39 is 0 Å². The molecule has 0 amide bonds. The van der Waals surface area contributed by atoms with Crippen molar-refractivity contribution in [3.8, 4) is 0 Å². The molecule has 0 radical (unpaired) electrons. The van der Waals surface area contributed by atoms with Gasteiger partial charge < -0.3 is 5.32 Å². The van der Waals surface area contributed by atoms with Crippen molar-refractivity contribution >= 4 is 15.9 Å². The molecule has 2 aliphatic heterocycles. The lowest BCUT2D eigenvalue weighted by atomic mass is 9.80. The van der Waals surface area contributed by atoms with Gasteiger partial charge in [0.2, 0.25) is 0 Å². The molecule has 2 saturated heterocycles. The average Bonchev–Trinajstić information content (AvgIpc) is 2.47. The summed E-state index contributed by atoms with van der Waals surface area (Å²) in [6, 6.07) is 11.7. The van der Waals surface area contributed by atoms with Crippen LogP contribution in [0.5, 0.6) is 0 Å². The molecular formula is C18H27BrN2. The molecule has 1 N–H and O–H groups in total. The van der Waals surface area contributed by atoms with Gasteiger partial charge in [-0.2, -0.15) is 0 Å². The highest BCUT2D eigenvalue weighted by atomic mass is 79.9. The van der Waals surface area contributed by atoms with Gasteiger partial charge in [-0.05, 0) is 56.8 Å². The van der Waals surface area contributed by atoms with Gasteiger partial charge in [0.25, 0.3) is 0 Å². The normalized spacial score (nSPS) is 31.1. The van der Waals surface area contributed by atoms with Crippen molar-refractivity contribution in [1.29, 1.82) is 0 Å². The van der Waals surface area contributed by atoms with Crippen molar-refractivity contribution in [2.75, 3.05) is 6.54 Å². The molecule has 21 heavy (non-hydrogen) atoms. The second-order valence-electron chi connectivity index (χ2n) is 6.64. The Labute approximate surface area is 137 Å². The average molecular weight is 351 g/mol. The molecule has 0 spiro atoms. The molecule has 3 rings (SSSR count). The van der Waals surface area contributed by atoms with Crippen LogP contribution in [0, 0.1) is 0 Å². The van der Waals surface area contributed by atoms with Crippen molar-refractivity contribution in [1.82, 2.24) is 10.2 Å². The van der Waals surface area contributed by atoms with Crippen LogP contribution in [-0.4, -0.2) is 29.6 Å². The fraction of sp³-hybridized carbons (Fsp3) is 0.667. The Kier molecular flexibility index (Phi) is 5.03. The summed E-state index contributed by atoms with van der Waals surface area (Å²) < 4.78 is 1.17. The van der Waals surface area contributed by atoms with E-state index >= 15 is 0 Å². The third-order valence-corrected chi connectivity index (χ3v) is 5.85. The predicted octanol–water partition coefficient (Wildman–Crippen LogP) is 4.51. The van der Waals surface area contributed by atoms with Crippen molar-refractivity contribution in [3.05, 3.63) is 34.3 Å². The summed E-state index contributed by atoms with van der Waals surface area (Å²) in [5, 5.41) is 3.69. The van der Waals surface area contributed by atoms with Crippen molar-refractivity contribution in [3.63, 3.8) is 0 Å². The molecule has 116 valence electrons. The second-order valence-corrected chi connectivity index (χ2v) is 7.55. The van der Waals surface area contributed by atoms with E-state index in [1.54, 1.807) is 0 Å². The predicted molar refractivity (Wildman–Crippen MR) is 92.5 cm³/mol. The summed E-state index contributed by atoms with van der Waals surface area (Å²) in [4.78, 5) is 2.82. The van der Waals surface area contributed by atoms with E-state index in [0.29, 0.717) is 6.04 Å². The topological polar surface area (TPSA) is 15.3 Å². The number of nitrogens with one attached hydrogen (secondary N) is 1. The van der Waals surface area contributed by atoms with Crippen molar-refractivity contribution in [2.24, 2.45) is 0 Å². The smallest absolute Gasteiger partial charge is 0.0325 e. The van der Waals surface area contributed by atoms with E-state index in [-0.39, 0.29) is 0 Å². The lowest BCUT2D eigenvalue weighted by Crippen LogP contribution is -2.56. The zero-order chi connectivity index (χ0) is 14.8. The largest absolute Gasteiger partial charge is 0.314 e. The Morgan fingerprint density at radius 2 is 1.81 bits per heavy atom. The third kappa shape index (κ3) is 3.35. The minimum absolute atomic E-state index is 0.538. The Morgan fingerprint density at radius 3 is 2.38 bits per heavy atom. The van der Waals surface area contributed by atoms with Crippen LogP contribution < -0.4 is 5.32 Å². The summed E-state index contributed by atoms with van der Waals surface area (Å²) in [6.07, 6.45) is 6.81. The zero-order valence-electron chi connectivity index (χ0n) is 13.2. The van der Waals surface area contributed by atoms with Gasteiger partial charge in [0.1, 0.15) is 0 Å². The Balaban J connectivity index is 1.76. The molecule has 3 atom stereocenters. The number of benzene rings is 1. The van der Waals surface area contributed by atoms with Gasteiger partial charge in [-0.1, -0.05) is 41.4 Å². The van der Waals surface area contributed by atoms with Gasteiger partial charge >= 0.3 is 0 Å². The van der Waals surface area contributed by atoms with E-state index in [4.69, 9.17) is 0 Å². The maximum atomic E-state index is 3.69. The first kappa shape index (κ1) is 15.5. The van der Waals surface area contributed by atoms with Gasteiger partial charge in [-0.15, -0.1) is 0 Å². The lowest BCUT2D eigenvalue weighted by Gasteiger charge is -2.52. The van der Waals surface area contributed by atoms with Crippen LogP contribution in [0.2, 0.25) is 0 Å². The fourth-order valence-corrected chi connectivity index (χ4v) is 4.68. The molecule has 0 aliphatic carbocycles. The molecule has 0 aromatic heterocycles. The lowest BCUT2D eigenvalue weighted by molar-refractivity contribution is -0.00601. The molecule has 1 aromatic rings. The number of rotatable bonds is 4. The fourth-order valence-electron chi connectivity index (χ4n) is 4.42. The van der Waals surface area contributed by atoms with Crippen LogP contribution >= 0.6 is 15.9 Å². The minimum Gasteiger partial charge on any atom is -0.314 e. The van der Waals surface area contributed by atoms with Crippen molar-refractivity contribution < 1.29 is 0 Å². The molecule has 3 heteroatoms. The number of piperidine rings is 2. The number of fused-ring (bicyclic) bond motifs is 2. The number of hydrogen-bond acceptors (Lipinski definition) is 2. The monoisotopic (exact) mass is 350 g/mol. The Bertz CT molecular complexity index is 445. The van der Waals surface area contributed by atoms with Gasteiger partial charge in [0.05, 0.1) is 0 Å². The number of nitrogens with zero attached hydrogens (tertiary/aromatic N) is 1. The Morgan fingerprint density at radius 1 is 1.19 bits per heavy atom. The van der Waals surface area contributed by atoms with E-state index in [1.807, 2.05) is 0 Å². The quantitative estimate of drug-likeness (QED) is 0.859. The SMILES string of the molecule is CCNC1CC2CCCC(C1)N2C(C)c1ccc(Br)cc1. The molecule has 3 unspecified atom stereocenters. The first-order valence-corrected chi connectivity index (χ1v) is 9.24. The molecule has 1 aromatic carbocycles. The van der Waals surface area contributed by atoms with E-state index in [2.05, 4.69) is 64.3 Å². The summed E-state index contributed by atoms with van der Waals surface area (Å²) in [7, 11) is 0. The summed E-state index contributed by atoms with van der Waals surface area (Å²) in [5.74, 6) is 0. The summed E-state index contributed by atoms with van der Waals surface area (Å²) in [6.45, 7) is 5.72. The maximum absolute atomic E-state index is 3.69. The van der Waals surface area contributed by atoms with Crippen LogP contribution in [0.1, 0.15) is 57.6 Å². The van der Waals surface area contributed by atoms with E-state index in [0.717, 1.165) is 24.7 Å². The Hall–Kier alpha value is -0.380. The van der Waals surface area contributed by atoms with Crippen LogP contribution in [0.4, 0.5) is 0 Å². The highest BCUT2D eigenvalue weighted by molar-refractivity contribution is 9.10. The number of halogens is 1. The maximum Gasteiger partial charge on any atom is 0.0325 e. The standard InChI is InChI=1S/C18H27BrN2/c1-3-20-16-11-17-5-4-6-18(12-16)21(17)13(2)14-7-9-15(19)10-8-14/h7-10,13,16-18,20H,3-6,11-12H2,1-2H3. The highest BCUT2D eigenvalue weighted by Gasteiger charge is 2.40. The van der Waals surface area contributed by atoms with Gasteiger partial charge in [0.15, 0.2) is 0 Å². The summed E-state index contributed by atoms with van der Waals surface area (Å²) >= 11 is 3.54. The molecule has 2 fully saturated rings. The first-order chi connectivity index (χ1) is 10.2. The molecule has 2 aliphatic rings.